The predicted octanol–water partition coefficient (Wildman–Crippen LogP) is 1.78. The van der Waals surface area contributed by atoms with Crippen molar-refractivity contribution in [1.82, 2.24) is 0 Å². The van der Waals surface area contributed by atoms with Gasteiger partial charge in [0.1, 0.15) is 16.4 Å². The smallest absolute Gasteiger partial charge is 0.198 e. The SMILES string of the molecule is CCC(C#N)S(=O)(=O)c1ccc(OC)cc1OC. The van der Waals surface area contributed by atoms with Crippen LogP contribution in [0.15, 0.2) is 23.1 Å². The minimum absolute atomic E-state index is 0.0131. The third-order valence-corrected chi connectivity index (χ3v) is 4.70. The van der Waals surface area contributed by atoms with Crippen LogP contribution in [0, 0.1) is 11.3 Å². The molecule has 5 nitrogen and oxygen atoms in total. The van der Waals surface area contributed by atoms with Gasteiger partial charge in [-0.25, -0.2) is 8.42 Å². The van der Waals surface area contributed by atoms with E-state index in [0.29, 0.717) is 5.75 Å². The molecule has 0 aromatic heterocycles. The van der Waals surface area contributed by atoms with Crippen LogP contribution in [-0.4, -0.2) is 27.9 Å². The van der Waals surface area contributed by atoms with Crippen LogP contribution in [0.2, 0.25) is 0 Å². The number of rotatable bonds is 5. The van der Waals surface area contributed by atoms with Crippen LogP contribution in [0.5, 0.6) is 11.5 Å². The maximum absolute atomic E-state index is 12.2. The van der Waals surface area contributed by atoms with Gasteiger partial charge in [0.15, 0.2) is 15.1 Å². The molecule has 18 heavy (non-hydrogen) atoms. The Hall–Kier alpha value is -1.74. The molecule has 0 saturated heterocycles. The van der Waals surface area contributed by atoms with Crippen molar-refractivity contribution in [2.75, 3.05) is 14.2 Å². The van der Waals surface area contributed by atoms with Crippen LogP contribution < -0.4 is 9.47 Å². The second kappa shape index (κ2) is 5.74. The first-order chi connectivity index (χ1) is 8.51. The molecule has 0 heterocycles. The normalized spacial score (nSPS) is 12.6. The number of ether oxygens (including phenoxy) is 2. The molecule has 0 aliphatic rings. The lowest BCUT2D eigenvalue weighted by molar-refractivity contribution is 0.386. The van der Waals surface area contributed by atoms with E-state index in [0.717, 1.165) is 0 Å². The number of methoxy groups -OCH3 is 2. The Balaban J connectivity index is 3.37. The van der Waals surface area contributed by atoms with Gasteiger partial charge < -0.3 is 9.47 Å². The quantitative estimate of drug-likeness (QED) is 0.814. The highest BCUT2D eigenvalue weighted by molar-refractivity contribution is 7.92. The molecule has 0 radical (unpaired) electrons. The molecular weight excluding hydrogens is 254 g/mol. The van der Waals surface area contributed by atoms with Gasteiger partial charge in [-0.15, -0.1) is 0 Å². The monoisotopic (exact) mass is 269 g/mol. The first-order valence-electron chi connectivity index (χ1n) is 5.36. The zero-order chi connectivity index (χ0) is 13.8. The fourth-order valence-electron chi connectivity index (χ4n) is 1.54. The highest BCUT2D eigenvalue weighted by atomic mass is 32.2. The van der Waals surface area contributed by atoms with Crippen LogP contribution in [0.1, 0.15) is 13.3 Å². The van der Waals surface area contributed by atoms with Crippen molar-refractivity contribution in [2.45, 2.75) is 23.5 Å². The molecule has 1 aromatic carbocycles. The van der Waals surface area contributed by atoms with Crippen LogP contribution in [-0.2, 0) is 9.84 Å². The Morgan fingerprint density at radius 2 is 2.00 bits per heavy atom. The largest absolute Gasteiger partial charge is 0.497 e. The maximum atomic E-state index is 12.2. The minimum Gasteiger partial charge on any atom is -0.497 e. The third kappa shape index (κ3) is 2.57. The Bertz CT molecular complexity index is 560. The number of sulfone groups is 1. The number of hydrogen-bond acceptors (Lipinski definition) is 5. The van der Waals surface area contributed by atoms with Crippen molar-refractivity contribution in [1.29, 1.82) is 5.26 Å². The van der Waals surface area contributed by atoms with Gasteiger partial charge in [-0.2, -0.15) is 5.26 Å². The first-order valence-corrected chi connectivity index (χ1v) is 6.91. The summed E-state index contributed by atoms with van der Waals surface area (Å²) in [6, 6.07) is 6.20. The van der Waals surface area contributed by atoms with Gasteiger partial charge in [0, 0.05) is 6.07 Å². The van der Waals surface area contributed by atoms with Crippen LogP contribution >= 0.6 is 0 Å². The molecule has 0 saturated carbocycles. The molecule has 6 heteroatoms. The third-order valence-electron chi connectivity index (χ3n) is 2.57. The second-order valence-corrected chi connectivity index (χ2v) is 5.69. The average molecular weight is 269 g/mol. The van der Waals surface area contributed by atoms with E-state index in [1.54, 1.807) is 13.0 Å². The van der Waals surface area contributed by atoms with E-state index in [1.165, 1.54) is 32.4 Å². The molecule has 0 bridgehead atoms. The molecule has 0 amide bonds. The van der Waals surface area contributed by atoms with Crippen LogP contribution in [0.25, 0.3) is 0 Å². The summed E-state index contributed by atoms with van der Waals surface area (Å²) in [5, 5.41) is 7.82. The Morgan fingerprint density at radius 3 is 2.44 bits per heavy atom. The second-order valence-electron chi connectivity index (χ2n) is 3.59. The van der Waals surface area contributed by atoms with Crippen molar-refractivity contribution in [3.05, 3.63) is 18.2 Å². The topological polar surface area (TPSA) is 76.4 Å². The lowest BCUT2D eigenvalue weighted by atomic mass is 10.3. The Morgan fingerprint density at radius 1 is 1.33 bits per heavy atom. The van der Waals surface area contributed by atoms with Gasteiger partial charge in [-0.05, 0) is 18.6 Å². The van der Waals surface area contributed by atoms with E-state index in [-0.39, 0.29) is 17.1 Å². The molecule has 1 rings (SSSR count). The molecule has 0 spiro atoms. The molecular formula is C12H15NO4S. The zero-order valence-electron chi connectivity index (χ0n) is 10.5. The molecule has 1 unspecified atom stereocenters. The summed E-state index contributed by atoms with van der Waals surface area (Å²) in [6.45, 7) is 1.65. The van der Waals surface area contributed by atoms with Crippen LogP contribution in [0.3, 0.4) is 0 Å². The Labute approximate surface area is 107 Å². The molecule has 1 atom stereocenters. The zero-order valence-corrected chi connectivity index (χ0v) is 11.3. The van der Waals surface area contributed by atoms with Crippen LogP contribution in [0.4, 0.5) is 0 Å². The molecule has 0 N–H and O–H groups in total. The van der Waals surface area contributed by atoms with E-state index in [1.807, 2.05) is 0 Å². The highest BCUT2D eigenvalue weighted by Crippen LogP contribution is 2.31. The Kier molecular flexibility index (Phi) is 4.56. The van der Waals surface area contributed by atoms with Gasteiger partial charge in [0.05, 0.1) is 20.3 Å². The van der Waals surface area contributed by atoms with Crippen molar-refractivity contribution in [3.63, 3.8) is 0 Å². The van der Waals surface area contributed by atoms with Crippen molar-refractivity contribution < 1.29 is 17.9 Å². The lowest BCUT2D eigenvalue weighted by Crippen LogP contribution is -2.19. The summed E-state index contributed by atoms with van der Waals surface area (Å²) >= 11 is 0. The maximum Gasteiger partial charge on any atom is 0.198 e. The predicted molar refractivity (Wildman–Crippen MR) is 66.4 cm³/mol. The highest BCUT2D eigenvalue weighted by Gasteiger charge is 2.29. The summed E-state index contributed by atoms with van der Waals surface area (Å²) < 4.78 is 34.5. The summed E-state index contributed by atoms with van der Waals surface area (Å²) in [5.41, 5.74) is 0. The summed E-state index contributed by atoms with van der Waals surface area (Å²) in [6.07, 6.45) is 0.230. The van der Waals surface area contributed by atoms with Gasteiger partial charge in [0.2, 0.25) is 0 Å². The standard InChI is InChI=1S/C12H15NO4S/c1-4-10(8-13)18(14,15)12-6-5-9(16-2)7-11(12)17-3/h5-7,10H,4H2,1-3H3. The molecule has 0 aliphatic carbocycles. The molecule has 98 valence electrons. The average Bonchev–Trinajstić information content (AvgIpc) is 2.38. The number of hydrogen-bond donors (Lipinski definition) is 0. The van der Waals surface area contributed by atoms with Crippen molar-refractivity contribution in [2.24, 2.45) is 0 Å². The lowest BCUT2D eigenvalue weighted by Gasteiger charge is -2.13. The first kappa shape index (κ1) is 14.3. The minimum atomic E-state index is -3.71. The molecule has 0 aliphatic heterocycles. The van der Waals surface area contributed by atoms with E-state index in [2.05, 4.69) is 0 Å². The van der Waals surface area contributed by atoms with Gasteiger partial charge >= 0.3 is 0 Å². The van der Waals surface area contributed by atoms with E-state index >= 15 is 0 Å². The van der Waals surface area contributed by atoms with Gasteiger partial charge in [-0.3, -0.25) is 0 Å². The van der Waals surface area contributed by atoms with Gasteiger partial charge in [0.25, 0.3) is 0 Å². The van der Waals surface area contributed by atoms with Crippen molar-refractivity contribution in [3.8, 4) is 17.6 Å². The number of nitrogens with zero attached hydrogens (tertiary/aromatic N) is 1. The number of nitriles is 1. The van der Waals surface area contributed by atoms with E-state index in [9.17, 15) is 8.42 Å². The van der Waals surface area contributed by atoms with E-state index in [4.69, 9.17) is 14.7 Å². The summed E-state index contributed by atoms with van der Waals surface area (Å²) in [4.78, 5) is 0.0131. The summed E-state index contributed by atoms with van der Waals surface area (Å²) in [7, 11) is -0.855. The number of benzene rings is 1. The molecule has 0 fully saturated rings. The fraction of sp³-hybridized carbons (Fsp3) is 0.417. The van der Waals surface area contributed by atoms with Crippen molar-refractivity contribution >= 4 is 9.84 Å². The summed E-state index contributed by atoms with van der Waals surface area (Å²) in [5.74, 6) is 0.679. The fourth-order valence-corrected chi connectivity index (χ4v) is 3.11. The molecule has 1 aromatic rings. The van der Waals surface area contributed by atoms with E-state index < -0.39 is 15.1 Å². The van der Waals surface area contributed by atoms with Gasteiger partial charge in [-0.1, -0.05) is 6.92 Å².